The van der Waals surface area contributed by atoms with Gasteiger partial charge in [0.1, 0.15) is 0 Å². The van der Waals surface area contributed by atoms with E-state index in [4.69, 9.17) is 0 Å². The van der Waals surface area contributed by atoms with E-state index < -0.39 is 0 Å². The van der Waals surface area contributed by atoms with Crippen LogP contribution < -0.4 is 22.1 Å². The quantitative estimate of drug-likeness (QED) is 0.299. The van der Waals surface area contributed by atoms with Gasteiger partial charge in [0.15, 0.2) is 0 Å². The molecule has 0 aliphatic carbocycles. The molecule has 0 heterocycles. The van der Waals surface area contributed by atoms with E-state index in [-0.39, 0.29) is 46.8 Å². The predicted octanol–water partition coefficient (Wildman–Crippen LogP) is -4.51. The summed E-state index contributed by atoms with van der Waals surface area (Å²) in [6.45, 7) is -0.111. The Morgan fingerprint density at radius 1 is 1.43 bits per heavy atom. The number of rotatable bonds is 1. The van der Waals surface area contributed by atoms with E-state index in [0.717, 1.165) is 0 Å². The summed E-state index contributed by atoms with van der Waals surface area (Å²) in [5.41, 5.74) is 0. The van der Waals surface area contributed by atoms with Crippen LogP contribution in [0.5, 0.6) is 0 Å². The molecule has 0 aromatic rings. The van der Waals surface area contributed by atoms with Crippen molar-refractivity contribution in [2.75, 3.05) is 20.8 Å². The molecule has 0 rings (SSSR count). The monoisotopic (exact) mass is 177 g/mol. The van der Waals surface area contributed by atoms with Crippen LogP contribution in [0.2, 0.25) is 0 Å². The van der Waals surface area contributed by atoms with Gasteiger partial charge < -0.3 is 27.0 Å². The van der Waals surface area contributed by atoms with Crippen molar-refractivity contribution in [2.24, 2.45) is 0 Å². The van der Waals surface area contributed by atoms with E-state index in [9.17, 15) is 5.11 Å². The molecular weight excluding hydrogens is 170 g/mol. The van der Waals surface area contributed by atoms with Crippen molar-refractivity contribution < 1.29 is 22.1 Å². The van der Waals surface area contributed by atoms with Gasteiger partial charge in [-0.3, -0.25) is 0 Å². The maximum Gasteiger partial charge on any atom is 2.00 e. The summed E-state index contributed by atoms with van der Waals surface area (Å²) in [7, 11) is 3.49. The van der Waals surface area contributed by atoms with Crippen molar-refractivity contribution in [3.63, 3.8) is 0 Å². The predicted molar refractivity (Wildman–Crippen MR) is 24.3 cm³/mol. The Labute approximate surface area is 70.8 Å². The normalized spacial score (nSPS) is 6.86. The van der Waals surface area contributed by atoms with Crippen molar-refractivity contribution in [2.45, 2.75) is 0 Å². The summed E-state index contributed by atoms with van der Waals surface area (Å²) < 4.78 is 0. The molecule has 0 aromatic carbocycles. The standard InChI is InChI=1S/C3H8NO.BrH.Mg/c1-4(2)3-5;;/h3H2,1-2H3;1H;/q-1;;+2/p-1. The van der Waals surface area contributed by atoms with Gasteiger partial charge in [0.25, 0.3) is 0 Å². The zero-order chi connectivity index (χ0) is 4.28. The molecule has 0 amide bonds. The van der Waals surface area contributed by atoms with Crippen LogP contribution in [0, 0.1) is 0 Å². The van der Waals surface area contributed by atoms with Gasteiger partial charge in [0, 0.05) is 0 Å². The second-order valence-electron chi connectivity index (χ2n) is 1.21. The fraction of sp³-hybridized carbons (Fsp3) is 1.00. The van der Waals surface area contributed by atoms with Gasteiger partial charge in [-0.1, -0.05) is 6.73 Å². The molecule has 0 fully saturated rings. The first kappa shape index (κ1) is 15.7. The summed E-state index contributed by atoms with van der Waals surface area (Å²) >= 11 is 0. The molecule has 0 spiro atoms. The van der Waals surface area contributed by atoms with E-state index in [0.29, 0.717) is 0 Å². The molecule has 40 valence electrons. The van der Waals surface area contributed by atoms with Gasteiger partial charge in [0.05, 0.1) is 0 Å². The maximum absolute atomic E-state index is 9.56. The van der Waals surface area contributed by atoms with Gasteiger partial charge in [-0.25, -0.2) is 0 Å². The number of hydrogen-bond acceptors (Lipinski definition) is 2. The van der Waals surface area contributed by atoms with Crippen molar-refractivity contribution >= 4 is 23.1 Å². The molecule has 7 heavy (non-hydrogen) atoms. The molecule has 0 unspecified atom stereocenters. The summed E-state index contributed by atoms with van der Waals surface area (Å²) in [6.07, 6.45) is 0. The summed E-state index contributed by atoms with van der Waals surface area (Å²) in [4.78, 5) is 1.57. The molecule has 4 heteroatoms. The van der Waals surface area contributed by atoms with Gasteiger partial charge in [-0.05, 0) is 14.1 Å². The van der Waals surface area contributed by atoms with E-state index in [2.05, 4.69) is 0 Å². The summed E-state index contributed by atoms with van der Waals surface area (Å²) in [6, 6.07) is 0. The third-order valence-corrected chi connectivity index (χ3v) is 0.258. The first-order valence-electron chi connectivity index (χ1n) is 1.50. The minimum Gasteiger partial charge on any atom is -1.00 e. The van der Waals surface area contributed by atoms with Crippen molar-refractivity contribution in [1.82, 2.24) is 4.90 Å². The number of halogens is 1. The number of hydrogen-bond donors (Lipinski definition) is 0. The van der Waals surface area contributed by atoms with Crippen LogP contribution in [0.3, 0.4) is 0 Å². The SMILES string of the molecule is CN(C)C[O-].[Br-].[Mg+2]. The third kappa shape index (κ3) is 19.1. The van der Waals surface area contributed by atoms with Crippen molar-refractivity contribution in [3.05, 3.63) is 0 Å². The minimum atomic E-state index is -0.111. The molecule has 0 radical (unpaired) electrons. The summed E-state index contributed by atoms with van der Waals surface area (Å²) in [5.74, 6) is 0. The average molecular weight is 178 g/mol. The smallest absolute Gasteiger partial charge is 1.00 e. The second kappa shape index (κ2) is 10.2. The van der Waals surface area contributed by atoms with Gasteiger partial charge in [-0.15, -0.1) is 0 Å². The fourth-order valence-electron chi connectivity index (χ4n) is 0. The van der Waals surface area contributed by atoms with Gasteiger partial charge in [-0.2, -0.15) is 0 Å². The Balaban J connectivity index is -0.0000000800. The van der Waals surface area contributed by atoms with Crippen LogP contribution in [0.15, 0.2) is 0 Å². The van der Waals surface area contributed by atoms with Gasteiger partial charge >= 0.3 is 23.1 Å². The number of nitrogens with zero attached hydrogens (tertiary/aromatic N) is 1. The van der Waals surface area contributed by atoms with Crippen LogP contribution in [0.25, 0.3) is 0 Å². The molecule has 0 bridgehead atoms. The molecule has 0 N–H and O–H groups in total. The molecule has 0 aliphatic heterocycles. The molecule has 0 atom stereocenters. The summed E-state index contributed by atoms with van der Waals surface area (Å²) in [5, 5.41) is 9.56. The largest absolute Gasteiger partial charge is 2.00 e. The molecular formula is C3H8BrMgNO. The Morgan fingerprint density at radius 3 is 1.57 bits per heavy atom. The van der Waals surface area contributed by atoms with E-state index in [1.54, 1.807) is 19.0 Å². The van der Waals surface area contributed by atoms with E-state index in [1.807, 2.05) is 0 Å². The molecule has 0 aromatic heterocycles. The zero-order valence-corrected chi connectivity index (χ0v) is 7.65. The Kier molecular flexibility index (Phi) is 22.9. The Bertz CT molecular complexity index is 28.9. The second-order valence-corrected chi connectivity index (χ2v) is 1.21. The minimum absolute atomic E-state index is 0. The third-order valence-electron chi connectivity index (χ3n) is 0.258. The fourth-order valence-corrected chi connectivity index (χ4v) is 0. The van der Waals surface area contributed by atoms with Crippen LogP contribution in [-0.2, 0) is 0 Å². The van der Waals surface area contributed by atoms with Crippen LogP contribution in [-0.4, -0.2) is 48.8 Å². The molecule has 2 nitrogen and oxygen atoms in total. The first-order chi connectivity index (χ1) is 2.27. The first-order valence-corrected chi connectivity index (χ1v) is 1.50. The van der Waals surface area contributed by atoms with E-state index >= 15 is 0 Å². The zero-order valence-electron chi connectivity index (χ0n) is 4.65. The average Bonchev–Trinajstić information content (AvgIpc) is 1.38. The molecule has 0 aliphatic rings. The Hall–Kier alpha value is 1.17. The van der Waals surface area contributed by atoms with Crippen LogP contribution in [0.4, 0.5) is 0 Å². The Morgan fingerprint density at radius 2 is 1.57 bits per heavy atom. The van der Waals surface area contributed by atoms with Gasteiger partial charge in [0.2, 0.25) is 0 Å². The maximum atomic E-state index is 9.56. The van der Waals surface area contributed by atoms with Crippen molar-refractivity contribution in [1.29, 1.82) is 0 Å². The van der Waals surface area contributed by atoms with E-state index in [1.165, 1.54) is 0 Å². The topological polar surface area (TPSA) is 26.3 Å². The molecule has 0 saturated heterocycles. The molecule has 0 saturated carbocycles. The van der Waals surface area contributed by atoms with Crippen molar-refractivity contribution in [3.8, 4) is 0 Å². The van der Waals surface area contributed by atoms with Crippen LogP contribution >= 0.6 is 0 Å². The van der Waals surface area contributed by atoms with Crippen LogP contribution in [0.1, 0.15) is 0 Å².